The van der Waals surface area contributed by atoms with Gasteiger partial charge in [-0.3, -0.25) is 0 Å². The van der Waals surface area contributed by atoms with Gasteiger partial charge in [0.05, 0.1) is 6.07 Å². The number of nitrogens with zero attached hydrogens (tertiary/aromatic N) is 1. The Morgan fingerprint density at radius 2 is 1.70 bits per heavy atom. The molecule has 0 fully saturated rings. The highest BCUT2D eigenvalue weighted by molar-refractivity contribution is 5.28. The summed E-state index contributed by atoms with van der Waals surface area (Å²) in [5, 5.41) is 17.7. The van der Waals surface area contributed by atoms with Gasteiger partial charge in [-0.05, 0) is 36.1 Å². The van der Waals surface area contributed by atoms with Crippen molar-refractivity contribution in [2.75, 3.05) is 0 Å². The molecule has 0 aliphatic rings. The molecule has 0 aliphatic heterocycles. The lowest BCUT2D eigenvalue weighted by molar-refractivity contribution is 0.220. The zero-order valence-corrected chi connectivity index (χ0v) is 11.2. The molecule has 0 saturated carbocycles. The minimum Gasteiger partial charge on any atom is -0.489 e. The average molecular weight is 267 g/mol. The van der Waals surface area contributed by atoms with Crippen molar-refractivity contribution in [3.63, 3.8) is 0 Å². The minimum atomic E-state index is -0.885. The van der Waals surface area contributed by atoms with Gasteiger partial charge in [0.1, 0.15) is 18.5 Å². The van der Waals surface area contributed by atoms with Gasteiger partial charge in [-0.1, -0.05) is 42.5 Å². The highest BCUT2D eigenvalue weighted by Gasteiger charge is 2.02. The van der Waals surface area contributed by atoms with E-state index in [4.69, 9.17) is 10.00 Å². The average Bonchev–Trinajstić information content (AvgIpc) is 2.52. The summed E-state index contributed by atoms with van der Waals surface area (Å²) in [6.07, 6.45) is 0.262. The molecule has 2 rings (SSSR count). The van der Waals surface area contributed by atoms with Gasteiger partial charge in [0.25, 0.3) is 0 Å². The Hall–Kier alpha value is -2.31. The smallest absolute Gasteiger partial charge is 0.140 e. The summed E-state index contributed by atoms with van der Waals surface area (Å²) in [4.78, 5) is 0. The minimum absolute atomic E-state index is 0.459. The second kappa shape index (κ2) is 7.32. The second-order valence-electron chi connectivity index (χ2n) is 4.60. The molecule has 1 N–H and O–H groups in total. The number of aryl methyl sites for hydroxylation is 1. The third-order valence-corrected chi connectivity index (χ3v) is 3.03. The summed E-state index contributed by atoms with van der Waals surface area (Å²) in [7, 11) is 0. The van der Waals surface area contributed by atoms with Crippen LogP contribution < -0.4 is 4.74 Å². The lowest BCUT2D eigenvalue weighted by atomic mass is 10.1. The molecule has 0 aliphatic carbocycles. The standard InChI is InChI=1S/C17H17NO2/c18-12-16(19)9-6-14-7-10-17(11-8-14)20-13-15-4-2-1-3-5-15/h1-5,7-8,10-11,16,19H,6,9,13H2. The van der Waals surface area contributed by atoms with Crippen LogP contribution in [0.1, 0.15) is 17.5 Å². The number of nitriles is 1. The van der Waals surface area contributed by atoms with E-state index in [1.54, 1.807) is 0 Å². The predicted octanol–water partition coefficient (Wildman–Crippen LogP) is 3.08. The number of benzene rings is 2. The van der Waals surface area contributed by atoms with E-state index in [-0.39, 0.29) is 0 Å². The van der Waals surface area contributed by atoms with Gasteiger partial charge in [-0.15, -0.1) is 0 Å². The maximum absolute atomic E-state index is 9.20. The van der Waals surface area contributed by atoms with Gasteiger partial charge in [-0.25, -0.2) is 0 Å². The third-order valence-electron chi connectivity index (χ3n) is 3.03. The molecule has 3 nitrogen and oxygen atoms in total. The Labute approximate surface area is 119 Å². The molecule has 2 aromatic carbocycles. The first-order valence-electron chi connectivity index (χ1n) is 6.61. The fourth-order valence-corrected chi connectivity index (χ4v) is 1.86. The molecule has 102 valence electrons. The number of hydrogen-bond acceptors (Lipinski definition) is 3. The number of aliphatic hydroxyl groups excluding tert-OH is 1. The van der Waals surface area contributed by atoms with Crippen molar-refractivity contribution in [2.45, 2.75) is 25.6 Å². The SMILES string of the molecule is N#CC(O)CCc1ccc(OCc2ccccc2)cc1. The molecule has 3 heteroatoms. The molecule has 20 heavy (non-hydrogen) atoms. The number of rotatable bonds is 6. The first-order chi connectivity index (χ1) is 9.78. The molecule has 1 unspecified atom stereocenters. The van der Waals surface area contributed by atoms with Crippen LogP contribution in [-0.2, 0) is 13.0 Å². The maximum atomic E-state index is 9.20. The van der Waals surface area contributed by atoms with Crippen molar-refractivity contribution in [3.8, 4) is 11.8 Å². The predicted molar refractivity (Wildman–Crippen MR) is 77.2 cm³/mol. The molecular weight excluding hydrogens is 250 g/mol. The van der Waals surface area contributed by atoms with Crippen LogP contribution in [0.4, 0.5) is 0 Å². The lowest BCUT2D eigenvalue weighted by Crippen LogP contribution is -2.03. The van der Waals surface area contributed by atoms with Crippen LogP contribution in [0.3, 0.4) is 0 Å². The Balaban J connectivity index is 1.84. The van der Waals surface area contributed by atoms with Crippen molar-refractivity contribution < 1.29 is 9.84 Å². The normalized spacial score (nSPS) is 11.6. The van der Waals surface area contributed by atoms with Crippen molar-refractivity contribution in [3.05, 3.63) is 65.7 Å². The van der Waals surface area contributed by atoms with E-state index in [0.717, 1.165) is 16.9 Å². The Bertz CT molecular complexity index is 558. The van der Waals surface area contributed by atoms with Gasteiger partial charge in [-0.2, -0.15) is 5.26 Å². The summed E-state index contributed by atoms with van der Waals surface area (Å²) >= 11 is 0. The zero-order chi connectivity index (χ0) is 14.2. The Morgan fingerprint density at radius 3 is 2.35 bits per heavy atom. The Morgan fingerprint density at radius 1 is 1.00 bits per heavy atom. The van der Waals surface area contributed by atoms with Crippen LogP contribution in [0.5, 0.6) is 5.75 Å². The molecule has 1 atom stereocenters. The molecule has 2 aromatic rings. The van der Waals surface area contributed by atoms with Crippen LogP contribution in [0, 0.1) is 11.3 Å². The third kappa shape index (κ3) is 4.42. The molecule has 0 saturated heterocycles. The van der Waals surface area contributed by atoms with E-state index in [1.165, 1.54) is 0 Å². The van der Waals surface area contributed by atoms with Crippen molar-refractivity contribution in [1.29, 1.82) is 5.26 Å². The van der Waals surface area contributed by atoms with E-state index in [9.17, 15) is 5.11 Å². The molecule has 0 bridgehead atoms. The van der Waals surface area contributed by atoms with Crippen molar-refractivity contribution in [2.24, 2.45) is 0 Å². The van der Waals surface area contributed by atoms with E-state index >= 15 is 0 Å². The Kier molecular flexibility index (Phi) is 5.16. The molecular formula is C17H17NO2. The number of aliphatic hydroxyl groups is 1. The second-order valence-corrected chi connectivity index (χ2v) is 4.60. The highest BCUT2D eigenvalue weighted by atomic mass is 16.5. The van der Waals surface area contributed by atoms with Crippen LogP contribution >= 0.6 is 0 Å². The topological polar surface area (TPSA) is 53.2 Å². The van der Waals surface area contributed by atoms with E-state index in [2.05, 4.69) is 0 Å². The summed E-state index contributed by atoms with van der Waals surface area (Å²) in [6, 6.07) is 19.6. The molecule has 0 spiro atoms. The van der Waals surface area contributed by atoms with E-state index in [1.807, 2.05) is 60.7 Å². The highest BCUT2D eigenvalue weighted by Crippen LogP contribution is 2.15. The summed E-state index contributed by atoms with van der Waals surface area (Å²) in [5.74, 6) is 0.818. The molecule has 0 aromatic heterocycles. The number of hydrogen-bond donors (Lipinski definition) is 1. The monoisotopic (exact) mass is 267 g/mol. The molecule has 0 radical (unpaired) electrons. The molecule has 0 amide bonds. The first kappa shape index (κ1) is 14.1. The first-order valence-corrected chi connectivity index (χ1v) is 6.61. The lowest BCUT2D eigenvalue weighted by Gasteiger charge is -2.07. The van der Waals surface area contributed by atoms with Crippen molar-refractivity contribution in [1.82, 2.24) is 0 Å². The van der Waals surface area contributed by atoms with Crippen LogP contribution in [-0.4, -0.2) is 11.2 Å². The van der Waals surface area contributed by atoms with Gasteiger partial charge in [0, 0.05) is 0 Å². The van der Waals surface area contributed by atoms with Crippen LogP contribution in [0.25, 0.3) is 0 Å². The van der Waals surface area contributed by atoms with Crippen molar-refractivity contribution >= 4 is 0 Å². The quantitative estimate of drug-likeness (QED) is 0.818. The van der Waals surface area contributed by atoms with Gasteiger partial charge >= 0.3 is 0 Å². The fraction of sp³-hybridized carbons (Fsp3) is 0.235. The summed E-state index contributed by atoms with van der Waals surface area (Å²) in [5.41, 5.74) is 2.22. The maximum Gasteiger partial charge on any atom is 0.140 e. The van der Waals surface area contributed by atoms with Gasteiger partial charge < -0.3 is 9.84 Å². The zero-order valence-electron chi connectivity index (χ0n) is 11.2. The van der Waals surface area contributed by atoms with E-state index in [0.29, 0.717) is 19.4 Å². The summed E-state index contributed by atoms with van der Waals surface area (Å²) in [6.45, 7) is 0.549. The molecule has 0 heterocycles. The fourth-order valence-electron chi connectivity index (χ4n) is 1.86. The largest absolute Gasteiger partial charge is 0.489 e. The van der Waals surface area contributed by atoms with Gasteiger partial charge in [0.2, 0.25) is 0 Å². The van der Waals surface area contributed by atoms with Gasteiger partial charge in [0.15, 0.2) is 0 Å². The summed E-state index contributed by atoms with van der Waals surface area (Å²) < 4.78 is 5.69. The van der Waals surface area contributed by atoms with Crippen LogP contribution in [0.15, 0.2) is 54.6 Å². The van der Waals surface area contributed by atoms with E-state index < -0.39 is 6.10 Å². The van der Waals surface area contributed by atoms with Crippen LogP contribution in [0.2, 0.25) is 0 Å². The number of ether oxygens (including phenoxy) is 1.